The summed E-state index contributed by atoms with van der Waals surface area (Å²) < 4.78 is 0. The Kier molecular flexibility index (Phi) is 7.09. The minimum absolute atomic E-state index is 0. The van der Waals surface area contributed by atoms with Crippen molar-refractivity contribution < 1.29 is 4.79 Å². The molecule has 0 aliphatic rings. The number of nitrogens with two attached hydrogens (primary N) is 1. The van der Waals surface area contributed by atoms with E-state index in [1.54, 1.807) is 6.07 Å². The molecule has 0 aliphatic heterocycles. The summed E-state index contributed by atoms with van der Waals surface area (Å²) in [5.74, 6) is -0.545. The van der Waals surface area contributed by atoms with Crippen molar-refractivity contribution in [3.05, 3.63) is 29.0 Å². The number of pyridine rings is 1. The first-order valence-electron chi connectivity index (χ1n) is 2.61. The Labute approximate surface area is 87.1 Å². The van der Waals surface area contributed by atoms with Crippen LogP contribution < -0.4 is 5.73 Å². The predicted octanol–water partition coefficient (Wildman–Crippen LogP) is 1.68. The minimum atomic E-state index is -0.545. The molecule has 1 heterocycles. The molecule has 1 rings (SSSR count). The number of amides is 1. The average Bonchev–Trinajstić information content (AvgIpc) is 1.88. The van der Waals surface area contributed by atoms with Crippen LogP contribution in [0.1, 0.15) is 10.5 Å². The predicted molar refractivity (Wildman–Crippen MR) is 52.3 cm³/mol. The number of hydrogen-bond donors (Lipinski definition) is 1. The standard InChI is InChI=1S/C6H5ClN2O.2ClH/c7-4-1-2-5(6(8)10)9-3-4;;/h1-3H,(H2,8,10);2*1H. The first-order chi connectivity index (χ1) is 4.70. The molecule has 0 fully saturated rings. The van der Waals surface area contributed by atoms with Crippen molar-refractivity contribution in [3.8, 4) is 0 Å². The Hall–Kier alpha value is -0.510. The summed E-state index contributed by atoms with van der Waals surface area (Å²) in [7, 11) is 0. The molecule has 68 valence electrons. The molecule has 1 aromatic heterocycles. The molecule has 0 spiro atoms. The molecule has 0 aromatic carbocycles. The summed E-state index contributed by atoms with van der Waals surface area (Å²) in [5, 5.41) is 0.491. The molecular formula is C6H7Cl3N2O. The molecule has 6 heteroatoms. The van der Waals surface area contributed by atoms with Gasteiger partial charge in [0.15, 0.2) is 0 Å². The summed E-state index contributed by atoms with van der Waals surface area (Å²) in [4.78, 5) is 14.1. The number of hydrogen-bond acceptors (Lipinski definition) is 2. The van der Waals surface area contributed by atoms with Crippen LogP contribution in [-0.4, -0.2) is 10.9 Å². The van der Waals surface area contributed by atoms with Gasteiger partial charge in [-0.3, -0.25) is 4.79 Å². The lowest BCUT2D eigenvalue weighted by Gasteiger charge is -1.91. The number of carbonyl (C=O) groups is 1. The van der Waals surface area contributed by atoms with Crippen LogP contribution in [0.5, 0.6) is 0 Å². The average molecular weight is 229 g/mol. The Morgan fingerprint density at radius 3 is 2.33 bits per heavy atom. The number of aromatic nitrogens is 1. The van der Waals surface area contributed by atoms with Crippen molar-refractivity contribution in [3.63, 3.8) is 0 Å². The van der Waals surface area contributed by atoms with Crippen molar-refractivity contribution in [2.24, 2.45) is 5.73 Å². The monoisotopic (exact) mass is 228 g/mol. The number of rotatable bonds is 1. The van der Waals surface area contributed by atoms with Gasteiger partial charge in [0, 0.05) is 6.20 Å². The van der Waals surface area contributed by atoms with Gasteiger partial charge < -0.3 is 5.73 Å². The summed E-state index contributed by atoms with van der Waals surface area (Å²) in [6.45, 7) is 0. The SMILES string of the molecule is Cl.Cl.NC(=O)c1ccc(Cl)cn1. The number of halogens is 3. The second kappa shape index (κ2) is 6.06. The van der Waals surface area contributed by atoms with Crippen LogP contribution in [0.4, 0.5) is 0 Å². The fraction of sp³-hybridized carbons (Fsp3) is 0. The Morgan fingerprint density at radius 1 is 1.42 bits per heavy atom. The van der Waals surface area contributed by atoms with Gasteiger partial charge in [0.2, 0.25) is 0 Å². The molecule has 0 aliphatic carbocycles. The second-order valence-corrected chi connectivity index (χ2v) is 2.16. The summed E-state index contributed by atoms with van der Waals surface area (Å²) in [5.41, 5.74) is 5.15. The van der Waals surface area contributed by atoms with Crippen LogP contribution in [0.2, 0.25) is 5.02 Å². The quantitative estimate of drug-likeness (QED) is 0.796. The zero-order chi connectivity index (χ0) is 7.56. The van der Waals surface area contributed by atoms with Crippen molar-refractivity contribution in [1.82, 2.24) is 4.98 Å². The Morgan fingerprint density at radius 2 is 2.00 bits per heavy atom. The summed E-state index contributed by atoms with van der Waals surface area (Å²) in [6.07, 6.45) is 1.38. The van der Waals surface area contributed by atoms with E-state index >= 15 is 0 Å². The highest BCUT2D eigenvalue weighted by molar-refractivity contribution is 6.30. The van der Waals surface area contributed by atoms with E-state index in [-0.39, 0.29) is 30.5 Å². The number of carbonyl (C=O) groups excluding carboxylic acids is 1. The lowest BCUT2D eigenvalue weighted by atomic mass is 10.3. The van der Waals surface area contributed by atoms with E-state index in [1.165, 1.54) is 12.3 Å². The molecule has 3 nitrogen and oxygen atoms in total. The highest BCUT2D eigenvalue weighted by Gasteiger charge is 1.98. The van der Waals surface area contributed by atoms with Gasteiger partial charge in [-0.25, -0.2) is 4.98 Å². The highest BCUT2D eigenvalue weighted by Crippen LogP contribution is 2.04. The van der Waals surface area contributed by atoms with Gasteiger partial charge in [0.25, 0.3) is 5.91 Å². The Balaban J connectivity index is 0. The van der Waals surface area contributed by atoms with Crippen LogP contribution >= 0.6 is 36.4 Å². The molecule has 2 N–H and O–H groups in total. The molecule has 0 atom stereocenters. The molecule has 12 heavy (non-hydrogen) atoms. The van der Waals surface area contributed by atoms with E-state index in [1.807, 2.05) is 0 Å². The van der Waals surface area contributed by atoms with Crippen LogP contribution in [0, 0.1) is 0 Å². The van der Waals surface area contributed by atoms with Crippen LogP contribution in [-0.2, 0) is 0 Å². The van der Waals surface area contributed by atoms with Gasteiger partial charge in [-0.1, -0.05) is 11.6 Å². The van der Waals surface area contributed by atoms with Gasteiger partial charge in [0.05, 0.1) is 5.02 Å². The van der Waals surface area contributed by atoms with Gasteiger partial charge in [-0.2, -0.15) is 0 Å². The van der Waals surface area contributed by atoms with Gasteiger partial charge in [-0.05, 0) is 12.1 Å². The van der Waals surface area contributed by atoms with E-state index in [0.29, 0.717) is 5.02 Å². The normalized spacial score (nSPS) is 7.75. The van der Waals surface area contributed by atoms with Crippen LogP contribution in [0.15, 0.2) is 18.3 Å². The minimum Gasteiger partial charge on any atom is -0.364 e. The molecule has 1 amide bonds. The van der Waals surface area contributed by atoms with E-state index in [4.69, 9.17) is 17.3 Å². The van der Waals surface area contributed by atoms with Crippen molar-refractivity contribution in [1.29, 1.82) is 0 Å². The zero-order valence-electron chi connectivity index (χ0n) is 5.86. The van der Waals surface area contributed by atoms with Crippen molar-refractivity contribution in [2.75, 3.05) is 0 Å². The third-order valence-corrected chi connectivity index (χ3v) is 1.20. The molecule has 0 bridgehead atoms. The molecule has 0 saturated heterocycles. The van der Waals surface area contributed by atoms with Crippen LogP contribution in [0.3, 0.4) is 0 Å². The second-order valence-electron chi connectivity index (χ2n) is 1.73. The Bertz CT molecular complexity index is 249. The third-order valence-electron chi connectivity index (χ3n) is 0.980. The molecule has 0 saturated carbocycles. The lowest BCUT2D eigenvalue weighted by Crippen LogP contribution is -2.12. The first-order valence-corrected chi connectivity index (χ1v) is 2.99. The first kappa shape index (κ1) is 14.0. The molecule has 0 unspecified atom stereocenters. The van der Waals surface area contributed by atoms with E-state index in [9.17, 15) is 4.79 Å². The summed E-state index contributed by atoms with van der Waals surface area (Å²) >= 11 is 5.50. The molecular weight excluding hydrogens is 222 g/mol. The van der Waals surface area contributed by atoms with Gasteiger partial charge >= 0.3 is 0 Å². The smallest absolute Gasteiger partial charge is 0.267 e. The molecule has 1 aromatic rings. The van der Waals surface area contributed by atoms with E-state index < -0.39 is 5.91 Å². The maximum Gasteiger partial charge on any atom is 0.267 e. The van der Waals surface area contributed by atoms with E-state index in [0.717, 1.165) is 0 Å². The van der Waals surface area contributed by atoms with E-state index in [2.05, 4.69) is 4.98 Å². The fourth-order valence-corrected chi connectivity index (χ4v) is 0.633. The van der Waals surface area contributed by atoms with Crippen molar-refractivity contribution >= 4 is 42.3 Å². The number of nitrogens with zero attached hydrogens (tertiary/aromatic N) is 1. The van der Waals surface area contributed by atoms with Gasteiger partial charge in [-0.15, -0.1) is 24.8 Å². The third kappa shape index (κ3) is 3.76. The maximum atomic E-state index is 10.4. The summed E-state index contributed by atoms with van der Waals surface area (Å²) in [6, 6.07) is 3.04. The number of primary amides is 1. The fourth-order valence-electron chi connectivity index (χ4n) is 0.522. The topological polar surface area (TPSA) is 56.0 Å². The maximum absolute atomic E-state index is 10.4. The van der Waals surface area contributed by atoms with Crippen LogP contribution in [0.25, 0.3) is 0 Å². The zero-order valence-corrected chi connectivity index (χ0v) is 8.25. The molecule has 0 radical (unpaired) electrons. The van der Waals surface area contributed by atoms with Gasteiger partial charge in [0.1, 0.15) is 5.69 Å². The lowest BCUT2D eigenvalue weighted by molar-refractivity contribution is 0.0995. The largest absolute Gasteiger partial charge is 0.364 e. The van der Waals surface area contributed by atoms with Crippen molar-refractivity contribution in [2.45, 2.75) is 0 Å². The highest BCUT2D eigenvalue weighted by atomic mass is 35.5.